The van der Waals surface area contributed by atoms with E-state index in [1.165, 1.54) is 12.8 Å². The molecule has 0 unspecified atom stereocenters. The van der Waals surface area contributed by atoms with Crippen molar-refractivity contribution < 1.29 is 4.79 Å². The third-order valence-corrected chi connectivity index (χ3v) is 4.74. The van der Waals surface area contributed by atoms with Crippen molar-refractivity contribution in [3.05, 3.63) is 17.0 Å². The van der Waals surface area contributed by atoms with Gasteiger partial charge < -0.3 is 10.6 Å². The molecule has 0 saturated heterocycles. The fraction of sp³-hybridized carbons (Fsp3) is 0.714. The van der Waals surface area contributed by atoms with Crippen LogP contribution in [0, 0.1) is 11.3 Å². The Hall–Kier alpha value is -1.07. The summed E-state index contributed by atoms with van der Waals surface area (Å²) in [5.41, 5.74) is 3.05. The number of hydrogen-bond acceptors (Lipinski definition) is 3. The minimum Gasteiger partial charge on any atom is -0.350 e. The lowest BCUT2D eigenvalue weighted by Gasteiger charge is -2.20. The molecule has 1 saturated carbocycles. The van der Waals surface area contributed by atoms with Crippen molar-refractivity contribution in [3.63, 3.8) is 0 Å². The van der Waals surface area contributed by atoms with Gasteiger partial charge in [-0.25, -0.2) is 0 Å². The van der Waals surface area contributed by atoms with Gasteiger partial charge in [-0.05, 0) is 24.2 Å². The maximum absolute atomic E-state index is 12.3. The van der Waals surface area contributed by atoms with Gasteiger partial charge >= 0.3 is 0 Å². The number of carbonyl (C=O) groups excluding carboxylic acids is 1. The quantitative estimate of drug-likeness (QED) is 0.791. The number of amides is 1. The highest BCUT2D eigenvalue weighted by molar-refractivity contribution is 5.94. The van der Waals surface area contributed by atoms with Crippen LogP contribution in [0.1, 0.15) is 48.4 Å². The van der Waals surface area contributed by atoms with Crippen LogP contribution in [0.15, 0.2) is 0 Å². The zero-order valence-corrected chi connectivity index (χ0v) is 12.9. The van der Waals surface area contributed by atoms with Crippen LogP contribution in [0.2, 0.25) is 0 Å². The Morgan fingerprint density at radius 2 is 2.20 bits per heavy atom. The maximum Gasteiger partial charge on any atom is 0.272 e. The SMILES string of the molecule is CC(C)C1(CNC(=O)c2n[nH]c3c2CNCC3)CC1.Cl. The number of halogens is 1. The summed E-state index contributed by atoms with van der Waals surface area (Å²) in [6.07, 6.45) is 3.38. The summed E-state index contributed by atoms with van der Waals surface area (Å²) in [6, 6.07) is 0. The Morgan fingerprint density at radius 3 is 2.85 bits per heavy atom. The van der Waals surface area contributed by atoms with Gasteiger partial charge in [0.2, 0.25) is 0 Å². The number of hydrogen-bond donors (Lipinski definition) is 3. The van der Waals surface area contributed by atoms with Gasteiger partial charge in [0.1, 0.15) is 0 Å². The zero-order valence-electron chi connectivity index (χ0n) is 12.1. The number of rotatable bonds is 4. The van der Waals surface area contributed by atoms with Gasteiger partial charge in [-0.1, -0.05) is 13.8 Å². The highest BCUT2D eigenvalue weighted by atomic mass is 35.5. The lowest BCUT2D eigenvalue weighted by molar-refractivity contribution is 0.0933. The monoisotopic (exact) mass is 298 g/mol. The van der Waals surface area contributed by atoms with E-state index in [1.54, 1.807) is 0 Å². The summed E-state index contributed by atoms with van der Waals surface area (Å²) < 4.78 is 0. The smallest absolute Gasteiger partial charge is 0.272 e. The van der Waals surface area contributed by atoms with Crippen molar-refractivity contribution in [2.45, 2.75) is 39.7 Å². The lowest BCUT2D eigenvalue weighted by atomic mass is 9.92. The van der Waals surface area contributed by atoms with Crippen LogP contribution in [-0.4, -0.2) is 29.2 Å². The van der Waals surface area contributed by atoms with Crippen molar-refractivity contribution in [2.24, 2.45) is 11.3 Å². The molecular weight excluding hydrogens is 276 g/mol. The molecule has 1 fully saturated rings. The van der Waals surface area contributed by atoms with Crippen LogP contribution in [0.4, 0.5) is 0 Å². The van der Waals surface area contributed by atoms with Crippen molar-refractivity contribution in [1.82, 2.24) is 20.8 Å². The fourth-order valence-electron chi connectivity index (χ4n) is 2.87. The van der Waals surface area contributed by atoms with Gasteiger partial charge in [-0.15, -0.1) is 12.4 Å². The molecule has 112 valence electrons. The van der Waals surface area contributed by atoms with E-state index >= 15 is 0 Å². The summed E-state index contributed by atoms with van der Waals surface area (Å²) in [4.78, 5) is 12.3. The first kappa shape index (κ1) is 15.3. The molecule has 0 bridgehead atoms. The largest absolute Gasteiger partial charge is 0.350 e. The molecule has 1 aliphatic heterocycles. The summed E-state index contributed by atoms with van der Waals surface area (Å²) in [5, 5.41) is 13.5. The number of fused-ring (bicyclic) bond motifs is 1. The molecule has 5 nitrogen and oxygen atoms in total. The van der Waals surface area contributed by atoms with Gasteiger partial charge in [0.05, 0.1) is 0 Å². The first-order chi connectivity index (χ1) is 9.12. The van der Waals surface area contributed by atoms with Crippen molar-refractivity contribution in [3.8, 4) is 0 Å². The molecular formula is C14H23ClN4O. The first-order valence-electron chi connectivity index (χ1n) is 7.17. The number of nitrogens with one attached hydrogen (secondary N) is 3. The van der Waals surface area contributed by atoms with Gasteiger partial charge in [0.25, 0.3) is 5.91 Å². The minimum atomic E-state index is -0.0341. The van der Waals surface area contributed by atoms with Crippen LogP contribution >= 0.6 is 12.4 Å². The molecule has 1 aliphatic carbocycles. The van der Waals surface area contributed by atoms with Crippen molar-refractivity contribution >= 4 is 18.3 Å². The average Bonchev–Trinajstić information content (AvgIpc) is 3.09. The minimum absolute atomic E-state index is 0. The molecule has 2 heterocycles. The van der Waals surface area contributed by atoms with Crippen LogP contribution in [-0.2, 0) is 13.0 Å². The Labute approximate surface area is 125 Å². The third-order valence-electron chi connectivity index (χ3n) is 4.74. The molecule has 0 aromatic carbocycles. The predicted octanol–water partition coefficient (Wildman–Crippen LogP) is 1.64. The predicted molar refractivity (Wildman–Crippen MR) is 80.1 cm³/mol. The fourth-order valence-corrected chi connectivity index (χ4v) is 2.87. The van der Waals surface area contributed by atoms with E-state index in [1.807, 2.05) is 0 Å². The average molecular weight is 299 g/mol. The van der Waals surface area contributed by atoms with Crippen LogP contribution < -0.4 is 10.6 Å². The standard InChI is InChI=1S/C14H22N4O.ClH/c1-9(2)14(4-5-14)8-16-13(19)12-10-7-15-6-3-11(10)17-18-12;/h9,15H,3-8H2,1-2H3,(H,16,19)(H,17,18);1H. The van der Waals surface area contributed by atoms with Gasteiger partial charge in [0, 0.05) is 37.3 Å². The Bertz CT molecular complexity index is 493. The molecule has 0 atom stereocenters. The second-order valence-corrected chi connectivity index (χ2v) is 6.16. The topological polar surface area (TPSA) is 69.8 Å². The third kappa shape index (κ3) is 2.69. The van der Waals surface area contributed by atoms with E-state index in [4.69, 9.17) is 0 Å². The highest BCUT2D eigenvalue weighted by Crippen LogP contribution is 2.51. The summed E-state index contributed by atoms with van der Waals surface area (Å²) in [7, 11) is 0. The summed E-state index contributed by atoms with van der Waals surface area (Å²) in [5.74, 6) is 0.593. The van der Waals surface area contributed by atoms with E-state index in [2.05, 4.69) is 34.7 Å². The van der Waals surface area contributed by atoms with Gasteiger partial charge in [-0.2, -0.15) is 5.10 Å². The second-order valence-electron chi connectivity index (χ2n) is 6.16. The lowest BCUT2D eigenvalue weighted by Crippen LogP contribution is -2.34. The number of H-pyrrole nitrogens is 1. The Balaban J connectivity index is 0.00000147. The molecule has 1 aromatic heterocycles. The number of aromatic amines is 1. The number of aromatic nitrogens is 2. The van der Waals surface area contributed by atoms with E-state index in [9.17, 15) is 4.79 Å². The summed E-state index contributed by atoms with van der Waals surface area (Å²) >= 11 is 0. The molecule has 2 aliphatic rings. The van der Waals surface area contributed by atoms with Crippen molar-refractivity contribution in [2.75, 3.05) is 13.1 Å². The van der Waals surface area contributed by atoms with Crippen LogP contribution in [0.25, 0.3) is 0 Å². The summed E-state index contributed by atoms with van der Waals surface area (Å²) in [6.45, 7) is 6.94. The van der Waals surface area contributed by atoms with Crippen LogP contribution in [0.5, 0.6) is 0 Å². The van der Waals surface area contributed by atoms with E-state index in [0.717, 1.165) is 37.3 Å². The normalized spacial score (nSPS) is 19.1. The molecule has 6 heteroatoms. The molecule has 3 rings (SSSR count). The molecule has 1 aromatic rings. The molecule has 20 heavy (non-hydrogen) atoms. The molecule has 0 radical (unpaired) electrons. The first-order valence-corrected chi connectivity index (χ1v) is 7.17. The van der Waals surface area contributed by atoms with E-state index in [0.29, 0.717) is 17.0 Å². The highest BCUT2D eigenvalue weighted by Gasteiger charge is 2.45. The van der Waals surface area contributed by atoms with Gasteiger partial charge in [-0.3, -0.25) is 9.89 Å². The zero-order chi connectivity index (χ0) is 13.5. The number of carbonyl (C=O) groups is 1. The Morgan fingerprint density at radius 1 is 1.45 bits per heavy atom. The van der Waals surface area contributed by atoms with E-state index in [-0.39, 0.29) is 18.3 Å². The molecule has 1 amide bonds. The Kier molecular flexibility index (Phi) is 4.39. The molecule has 0 spiro atoms. The van der Waals surface area contributed by atoms with E-state index < -0.39 is 0 Å². The number of nitrogens with zero attached hydrogens (tertiary/aromatic N) is 1. The second kappa shape index (κ2) is 5.74. The molecule has 3 N–H and O–H groups in total. The van der Waals surface area contributed by atoms with Crippen LogP contribution in [0.3, 0.4) is 0 Å². The van der Waals surface area contributed by atoms with Gasteiger partial charge in [0.15, 0.2) is 5.69 Å². The maximum atomic E-state index is 12.3. The van der Waals surface area contributed by atoms with Crippen molar-refractivity contribution in [1.29, 1.82) is 0 Å².